The molecule has 29 heavy (non-hydrogen) atoms. The number of amides is 2. The monoisotopic (exact) mass is 427 g/mol. The van der Waals surface area contributed by atoms with E-state index in [1.807, 2.05) is 0 Å². The van der Waals surface area contributed by atoms with Crippen LogP contribution in [0.1, 0.15) is 20.8 Å². The highest BCUT2D eigenvalue weighted by Crippen LogP contribution is 2.34. The summed E-state index contributed by atoms with van der Waals surface area (Å²) in [4.78, 5) is 37.6. The van der Waals surface area contributed by atoms with Crippen molar-refractivity contribution < 1.29 is 33.5 Å². The summed E-state index contributed by atoms with van der Waals surface area (Å²) in [6.07, 6.45) is -1.90. The molecule has 1 aromatic carbocycles. The van der Waals surface area contributed by atoms with Gasteiger partial charge in [-0.3, -0.25) is 10.1 Å². The number of nitro groups is 1. The van der Waals surface area contributed by atoms with Crippen LogP contribution in [0.15, 0.2) is 30.5 Å². The third kappa shape index (κ3) is 5.51. The lowest BCUT2D eigenvalue weighted by Gasteiger charge is -2.24. The number of carboxylic acid groups (broad SMARTS) is 1. The molecule has 1 aromatic heterocycles. The average Bonchev–Trinajstić information content (AvgIpc) is 2.57. The molecule has 2 aromatic rings. The van der Waals surface area contributed by atoms with Gasteiger partial charge in [-0.05, 0) is 26.8 Å². The summed E-state index contributed by atoms with van der Waals surface area (Å²) in [5.41, 5.74) is -1.46. The third-order valence-electron chi connectivity index (χ3n) is 3.15. The standard InChI is InChI=1S/C17H15ClFN3O7/c1-17(2,3)29-16(25)21(15(23)24)14-7-13(10(18)8-20-14)28-12-5-4-9(22(26)27)6-11(12)19/h4-8H,1-3H3,(H,23,24). The summed E-state index contributed by atoms with van der Waals surface area (Å²) >= 11 is 5.95. The molecular formula is C17H15ClFN3O7. The summed E-state index contributed by atoms with van der Waals surface area (Å²) in [5, 5.41) is 19.9. The topological polar surface area (TPSA) is 132 Å². The number of aromatic nitrogens is 1. The predicted molar refractivity (Wildman–Crippen MR) is 99.1 cm³/mol. The molecule has 0 aliphatic heterocycles. The molecule has 10 nitrogen and oxygen atoms in total. The van der Waals surface area contributed by atoms with E-state index in [-0.39, 0.29) is 15.7 Å². The molecule has 0 radical (unpaired) electrons. The van der Waals surface area contributed by atoms with Crippen LogP contribution in [0, 0.1) is 15.9 Å². The molecule has 154 valence electrons. The van der Waals surface area contributed by atoms with Crippen LogP contribution in [0.4, 0.5) is 25.5 Å². The quantitative estimate of drug-likeness (QED) is 0.532. The molecule has 12 heteroatoms. The van der Waals surface area contributed by atoms with Crippen LogP contribution >= 0.6 is 11.6 Å². The Bertz CT molecular complexity index is 978. The number of carbonyl (C=O) groups is 2. The van der Waals surface area contributed by atoms with Gasteiger partial charge in [-0.15, -0.1) is 0 Å². The summed E-state index contributed by atoms with van der Waals surface area (Å²) in [5.74, 6) is -2.10. The molecule has 0 unspecified atom stereocenters. The van der Waals surface area contributed by atoms with Crippen molar-refractivity contribution in [3.63, 3.8) is 0 Å². The van der Waals surface area contributed by atoms with E-state index in [1.54, 1.807) is 20.8 Å². The van der Waals surface area contributed by atoms with Crippen LogP contribution in [-0.2, 0) is 4.74 Å². The van der Waals surface area contributed by atoms with Crippen molar-refractivity contribution >= 4 is 35.3 Å². The Balaban J connectivity index is 2.39. The van der Waals surface area contributed by atoms with Crippen LogP contribution in [0.5, 0.6) is 11.5 Å². The lowest BCUT2D eigenvalue weighted by Crippen LogP contribution is -2.40. The fourth-order valence-electron chi connectivity index (χ4n) is 1.99. The molecule has 1 N–H and O–H groups in total. The molecule has 1 heterocycles. The van der Waals surface area contributed by atoms with Gasteiger partial charge in [0.05, 0.1) is 17.2 Å². The van der Waals surface area contributed by atoms with Crippen LogP contribution in [0.2, 0.25) is 5.02 Å². The first-order valence-corrected chi connectivity index (χ1v) is 8.30. The zero-order chi connectivity index (χ0) is 21.9. The number of pyridine rings is 1. The first kappa shape index (κ1) is 21.8. The minimum Gasteiger partial charge on any atom is -0.464 e. The summed E-state index contributed by atoms with van der Waals surface area (Å²) < 4.78 is 24.4. The fraction of sp³-hybridized carbons (Fsp3) is 0.235. The van der Waals surface area contributed by atoms with E-state index in [2.05, 4.69) is 4.98 Å². The molecule has 0 fully saturated rings. The SMILES string of the molecule is CC(C)(C)OC(=O)N(C(=O)O)c1cc(Oc2ccc([N+](=O)[O-])cc2F)c(Cl)cn1. The number of nitro benzene ring substituents is 1. The van der Waals surface area contributed by atoms with Gasteiger partial charge in [0.2, 0.25) is 0 Å². The van der Waals surface area contributed by atoms with Gasteiger partial charge >= 0.3 is 12.2 Å². The second kappa shape index (κ2) is 8.27. The Morgan fingerprint density at radius 3 is 2.45 bits per heavy atom. The Labute approximate surface area is 168 Å². The van der Waals surface area contributed by atoms with Gasteiger partial charge in [0.25, 0.3) is 5.69 Å². The second-order valence-electron chi connectivity index (χ2n) is 6.55. The van der Waals surface area contributed by atoms with Gasteiger partial charge in [-0.2, -0.15) is 4.90 Å². The summed E-state index contributed by atoms with van der Waals surface area (Å²) in [6.45, 7) is 4.64. The van der Waals surface area contributed by atoms with Crippen LogP contribution in [0.25, 0.3) is 0 Å². The molecular weight excluding hydrogens is 413 g/mol. The lowest BCUT2D eigenvalue weighted by atomic mass is 10.2. The average molecular weight is 428 g/mol. The maximum absolute atomic E-state index is 14.1. The lowest BCUT2D eigenvalue weighted by molar-refractivity contribution is -0.385. The maximum atomic E-state index is 14.1. The van der Waals surface area contributed by atoms with Crippen molar-refractivity contribution in [3.05, 3.63) is 51.4 Å². The van der Waals surface area contributed by atoms with E-state index in [4.69, 9.17) is 21.1 Å². The minimum absolute atomic E-state index is 0.124. The molecule has 0 aliphatic carbocycles. The van der Waals surface area contributed by atoms with Gasteiger partial charge in [-0.1, -0.05) is 11.6 Å². The molecule has 2 rings (SSSR count). The first-order valence-electron chi connectivity index (χ1n) is 7.92. The van der Waals surface area contributed by atoms with E-state index >= 15 is 0 Å². The number of hydrogen-bond acceptors (Lipinski definition) is 7. The molecule has 0 aliphatic rings. The largest absolute Gasteiger partial charge is 0.464 e. The molecule has 0 saturated carbocycles. The number of rotatable bonds is 4. The van der Waals surface area contributed by atoms with Crippen LogP contribution in [0.3, 0.4) is 0 Å². The zero-order valence-corrected chi connectivity index (χ0v) is 16.1. The Morgan fingerprint density at radius 2 is 1.93 bits per heavy atom. The van der Waals surface area contributed by atoms with Crippen molar-refractivity contribution in [2.45, 2.75) is 26.4 Å². The summed E-state index contributed by atoms with van der Waals surface area (Å²) in [6, 6.07) is 3.65. The zero-order valence-electron chi connectivity index (χ0n) is 15.4. The number of benzene rings is 1. The fourth-order valence-corrected chi connectivity index (χ4v) is 2.13. The number of ether oxygens (including phenoxy) is 2. The highest BCUT2D eigenvalue weighted by Gasteiger charge is 2.30. The number of hydrogen-bond donors (Lipinski definition) is 1. The molecule has 0 atom stereocenters. The predicted octanol–water partition coefficient (Wildman–Crippen LogP) is 4.99. The first-order chi connectivity index (χ1) is 13.4. The Morgan fingerprint density at radius 1 is 1.28 bits per heavy atom. The number of carbonyl (C=O) groups excluding carboxylic acids is 1. The van der Waals surface area contributed by atoms with E-state index < -0.39 is 45.8 Å². The normalized spacial score (nSPS) is 10.9. The number of nitrogens with zero attached hydrogens (tertiary/aromatic N) is 3. The van der Waals surface area contributed by atoms with E-state index in [0.29, 0.717) is 6.07 Å². The van der Waals surface area contributed by atoms with Gasteiger partial charge in [0.15, 0.2) is 23.1 Å². The van der Waals surface area contributed by atoms with E-state index in [0.717, 1.165) is 24.4 Å². The van der Waals surface area contributed by atoms with Gasteiger partial charge < -0.3 is 14.6 Å². The molecule has 0 spiro atoms. The highest BCUT2D eigenvalue weighted by atomic mass is 35.5. The van der Waals surface area contributed by atoms with Gasteiger partial charge in [0, 0.05) is 12.1 Å². The number of halogens is 2. The van der Waals surface area contributed by atoms with Crippen molar-refractivity contribution in [2.75, 3.05) is 4.90 Å². The van der Waals surface area contributed by atoms with Crippen LogP contribution < -0.4 is 9.64 Å². The third-order valence-corrected chi connectivity index (χ3v) is 3.43. The van der Waals surface area contributed by atoms with Crippen molar-refractivity contribution in [2.24, 2.45) is 0 Å². The summed E-state index contributed by atoms with van der Waals surface area (Å²) in [7, 11) is 0. The number of anilines is 1. The number of imide groups is 1. The van der Waals surface area contributed by atoms with Crippen LogP contribution in [-0.4, -0.2) is 32.8 Å². The van der Waals surface area contributed by atoms with E-state index in [1.165, 1.54) is 0 Å². The number of non-ortho nitro benzene ring substituents is 1. The smallest absolute Gasteiger partial charge is 0.425 e. The highest BCUT2D eigenvalue weighted by molar-refractivity contribution is 6.32. The molecule has 0 bridgehead atoms. The van der Waals surface area contributed by atoms with Gasteiger partial charge in [0.1, 0.15) is 10.6 Å². The minimum atomic E-state index is -1.68. The molecule has 2 amide bonds. The Hall–Kier alpha value is -3.47. The second-order valence-corrected chi connectivity index (χ2v) is 6.95. The molecule has 0 saturated heterocycles. The van der Waals surface area contributed by atoms with Crippen molar-refractivity contribution in [1.29, 1.82) is 0 Å². The van der Waals surface area contributed by atoms with Gasteiger partial charge in [-0.25, -0.2) is 19.0 Å². The maximum Gasteiger partial charge on any atom is 0.425 e. The Kier molecular flexibility index (Phi) is 6.22. The van der Waals surface area contributed by atoms with Crippen molar-refractivity contribution in [1.82, 2.24) is 4.98 Å². The van der Waals surface area contributed by atoms with E-state index in [9.17, 15) is 29.2 Å². The van der Waals surface area contributed by atoms with Crippen molar-refractivity contribution in [3.8, 4) is 11.5 Å².